The maximum Gasteiger partial charge on any atom is 0.260 e. The summed E-state index contributed by atoms with van der Waals surface area (Å²) in [4.78, 5) is 4.22. The summed E-state index contributed by atoms with van der Waals surface area (Å²) in [7, 11) is -3.37. The second-order valence-electron chi connectivity index (χ2n) is 4.78. The molecule has 0 amide bonds. The molecule has 1 N–H and O–H groups in total. The highest BCUT2D eigenvalue weighted by atomic mass is 35.5. The van der Waals surface area contributed by atoms with E-state index in [0.29, 0.717) is 18.1 Å². The zero-order valence-electron chi connectivity index (χ0n) is 10.7. The van der Waals surface area contributed by atoms with Crippen LogP contribution in [-0.2, 0) is 23.0 Å². The number of sulfonamides is 1. The van der Waals surface area contributed by atoms with Crippen LogP contribution >= 0.6 is 12.4 Å². The Morgan fingerprint density at radius 3 is 2.84 bits per heavy atom. The van der Waals surface area contributed by atoms with Crippen LogP contribution in [0.3, 0.4) is 0 Å². The van der Waals surface area contributed by atoms with Gasteiger partial charge in [0.1, 0.15) is 5.82 Å². The maximum atomic E-state index is 12.6. The van der Waals surface area contributed by atoms with Crippen LogP contribution in [0.4, 0.5) is 0 Å². The number of aromatic nitrogens is 2. The van der Waals surface area contributed by atoms with Crippen LogP contribution < -0.4 is 5.32 Å². The number of halogens is 1. The molecule has 0 atom stereocenters. The van der Waals surface area contributed by atoms with Crippen LogP contribution in [0.15, 0.2) is 11.2 Å². The lowest BCUT2D eigenvalue weighted by Gasteiger charge is -2.19. The van der Waals surface area contributed by atoms with Crippen LogP contribution in [0.25, 0.3) is 0 Å². The molecule has 0 bridgehead atoms. The van der Waals surface area contributed by atoms with Crippen molar-refractivity contribution in [3.8, 4) is 0 Å². The van der Waals surface area contributed by atoms with E-state index in [1.54, 1.807) is 4.31 Å². The zero-order valence-corrected chi connectivity index (χ0v) is 12.3. The van der Waals surface area contributed by atoms with Gasteiger partial charge in [-0.15, -0.1) is 12.4 Å². The minimum atomic E-state index is -3.37. The molecule has 1 aromatic heterocycles. The van der Waals surface area contributed by atoms with Crippen molar-refractivity contribution in [1.82, 2.24) is 19.2 Å². The third kappa shape index (κ3) is 2.65. The second-order valence-corrected chi connectivity index (χ2v) is 6.66. The fourth-order valence-electron chi connectivity index (χ4n) is 2.63. The van der Waals surface area contributed by atoms with Crippen LogP contribution in [-0.4, -0.2) is 48.5 Å². The molecule has 6 nitrogen and oxygen atoms in total. The van der Waals surface area contributed by atoms with Gasteiger partial charge in [0.05, 0.1) is 6.20 Å². The third-order valence-electron chi connectivity index (χ3n) is 3.59. The predicted octanol–water partition coefficient (Wildman–Crippen LogP) is 0.235. The molecule has 0 unspecified atom stereocenters. The largest absolute Gasteiger partial charge is 0.318 e. The Labute approximate surface area is 119 Å². The van der Waals surface area contributed by atoms with Gasteiger partial charge in [-0.1, -0.05) is 0 Å². The molecule has 0 aromatic carbocycles. The first-order valence-corrected chi connectivity index (χ1v) is 7.89. The molecule has 2 aliphatic heterocycles. The molecule has 8 heteroatoms. The summed E-state index contributed by atoms with van der Waals surface area (Å²) in [5, 5.41) is 3.59. The van der Waals surface area contributed by atoms with Gasteiger partial charge in [0, 0.05) is 32.6 Å². The number of nitrogens with one attached hydrogen (secondary N) is 1. The predicted molar refractivity (Wildman–Crippen MR) is 74.0 cm³/mol. The van der Waals surface area contributed by atoms with Crippen molar-refractivity contribution in [3.05, 3.63) is 12.0 Å². The van der Waals surface area contributed by atoms with Gasteiger partial charge in [-0.25, -0.2) is 13.4 Å². The van der Waals surface area contributed by atoms with Crippen molar-refractivity contribution in [3.63, 3.8) is 0 Å². The molecule has 1 fully saturated rings. The number of imidazole rings is 1. The Morgan fingerprint density at radius 1 is 1.16 bits per heavy atom. The van der Waals surface area contributed by atoms with Gasteiger partial charge in [0.15, 0.2) is 5.03 Å². The van der Waals surface area contributed by atoms with Gasteiger partial charge < -0.3 is 9.88 Å². The van der Waals surface area contributed by atoms with Gasteiger partial charge in [-0.2, -0.15) is 4.31 Å². The van der Waals surface area contributed by atoms with Gasteiger partial charge in [0.25, 0.3) is 10.0 Å². The van der Waals surface area contributed by atoms with E-state index in [2.05, 4.69) is 10.3 Å². The van der Waals surface area contributed by atoms with Crippen molar-refractivity contribution in [1.29, 1.82) is 0 Å². The van der Waals surface area contributed by atoms with Gasteiger partial charge in [0.2, 0.25) is 0 Å². The van der Waals surface area contributed by atoms with Crippen LogP contribution in [0.5, 0.6) is 0 Å². The van der Waals surface area contributed by atoms with Gasteiger partial charge in [-0.05, 0) is 19.4 Å². The smallest absolute Gasteiger partial charge is 0.260 e. The lowest BCUT2D eigenvalue weighted by atomic mass is 10.4. The minimum absolute atomic E-state index is 0. The Kier molecular flexibility index (Phi) is 4.50. The summed E-state index contributed by atoms with van der Waals surface area (Å²) in [6.45, 7) is 3.52. The molecule has 1 saturated heterocycles. The molecule has 108 valence electrons. The first kappa shape index (κ1) is 14.8. The Balaban J connectivity index is 0.00000133. The van der Waals surface area contributed by atoms with Gasteiger partial charge >= 0.3 is 0 Å². The molecule has 2 aliphatic rings. The van der Waals surface area contributed by atoms with Crippen molar-refractivity contribution in [2.24, 2.45) is 0 Å². The summed E-state index contributed by atoms with van der Waals surface area (Å²) in [6.07, 6.45) is 4.26. The fraction of sp³-hybridized carbons (Fsp3) is 0.727. The molecular formula is C11H19ClN4O2S. The van der Waals surface area contributed by atoms with E-state index in [9.17, 15) is 8.42 Å². The Morgan fingerprint density at radius 2 is 2.00 bits per heavy atom. The average molecular weight is 307 g/mol. The fourth-order valence-corrected chi connectivity index (χ4v) is 4.26. The van der Waals surface area contributed by atoms with E-state index in [-0.39, 0.29) is 12.4 Å². The minimum Gasteiger partial charge on any atom is -0.318 e. The molecule has 0 spiro atoms. The van der Waals surface area contributed by atoms with Crippen molar-refractivity contribution in [2.45, 2.75) is 30.8 Å². The highest BCUT2D eigenvalue weighted by Gasteiger charge is 2.30. The first-order chi connectivity index (χ1) is 8.69. The number of hydrogen-bond acceptors (Lipinski definition) is 4. The van der Waals surface area contributed by atoms with Crippen LogP contribution in [0.2, 0.25) is 0 Å². The number of aryl methyl sites for hydroxylation is 1. The van der Waals surface area contributed by atoms with Crippen LogP contribution in [0, 0.1) is 0 Å². The quantitative estimate of drug-likeness (QED) is 0.850. The number of fused-ring (bicyclic) bond motifs is 1. The molecule has 0 saturated carbocycles. The molecule has 19 heavy (non-hydrogen) atoms. The SMILES string of the molecule is Cl.O=S(=O)(c1cnc2n1CCC2)N1CCCNCC1. The summed E-state index contributed by atoms with van der Waals surface area (Å²) >= 11 is 0. The number of rotatable bonds is 2. The van der Waals surface area contributed by atoms with E-state index in [1.165, 1.54) is 6.20 Å². The number of nitrogens with zero attached hydrogens (tertiary/aromatic N) is 3. The van der Waals surface area contributed by atoms with E-state index in [1.807, 2.05) is 4.57 Å². The van der Waals surface area contributed by atoms with Crippen molar-refractivity contribution in [2.75, 3.05) is 26.2 Å². The molecule has 1 aromatic rings. The summed E-state index contributed by atoms with van der Waals surface area (Å²) in [5.41, 5.74) is 0. The zero-order chi connectivity index (χ0) is 12.6. The second kappa shape index (κ2) is 5.78. The van der Waals surface area contributed by atoms with E-state index in [0.717, 1.165) is 44.7 Å². The number of hydrogen-bond donors (Lipinski definition) is 1. The molecule has 0 aliphatic carbocycles. The Bertz CT molecular complexity index is 535. The van der Waals surface area contributed by atoms with Crippen LogP contribution in [0.1, 0.15) is 18.7 Å². The Hall–Kier alpha value is -0.630. The summed E-state index contributed by atoms with van der Waals surface area (Å²) < 4.78 is 28.6. The summed E-state index contributed by atoms with van der Waals surface area (Å²) in [5.74, 6) is 0.904. The summed E-state index contributed by atoms with van der Waals surface area (Å²) in [6, 6.07) is 0. The van der Waals surface area contributed by atoms with E-state index >= 15 is 0 Å². The molecule has 3 rings (SSSR count). The average Bonchev–Trinajstić information content (AvgIpc) is 2.82. The highest BCUT2D eigenvalue weighted by molar-refractivity contribution is 7.89. The third-order valence-corrected chi connectivity index (χ3v) is 5.49. The molecule has 0 radical (unpaired) electrons. The van der Waals surface area contributed by atoms with E-state index < -0.39 is 10.0 Å². The van der Waals surface area contributed by atoms with Crippen molar-refractivity contribution < 1.29 is 8.42 Å². The highest BCUT2D eigenvalue weighted by Crippen LogP contribution is 2.23. The standard InChI is InChI=1S/C11H18N4O2S.ClH/c16-18(17,14-6-2-4-12-5-8-14)11-9-13-10-3-1-7-15(10)11;/h9,12H,1-8H2;1H. The maximum absolute atomic E-state index is 12.6. The lowest BCUT2D eigenvalue weighted by molar-refractivity contribution is 0.425. The monoisotopic (exact) mass is 306 g/mol. The van der Waals surface area contributed by atoms with Crippen molar-refractivity contribution >= 4 is 22.4 Å². The lowest BCUT2D eigenvalue weighted by Crippen LogP contribution is -2.35. The topological polar surface area (TPSA) is 67.2 Å². The van der Waals surface area contributed by atoms with Gasteiger partial charge in [-0.3, -0.25) is 0 Å². The molecular weight excluding hydrogens is 288 g/mol. The normalized spacial score (nSPS) is 20.6. The first-order valence-electron chi connectivity index (χ1n) is 6.45. The molecule has 3 heterocycles. The van der Waals surface area contributed by atoms with E-state index in [4.69, 9.17) is 0 Å².